The summed E-state index contributed by atoms with van der Waals surface area (Å²) < 4.78 is 18.2. The van der Waals surface area contributed by atoms with Gasteiger partial charge >= 0.3 is 0 Å². The number of aromatic nitrogens is 2. The maximum absolute atomic E-state index is 13.0. The molecule has 0 spiro atoms. The van der Waals surface area contributed by atoms with Gasteiger partial charge in [-0.3, -0.25) is 4.90 Å². The highest BCUT2D eigenvalue weighted by atomic mass is 19.1. The molecule has 1 aliphatic heterocycles. The van der Waals surface area contributed by atoms with Gasteiger partial charge in [0.1, 0.15) is 5.82 Å². The molecular formula is C17H23FN4O. The Kier molecular flexibility index (Phi) is 5.03. The van der Waals surface area contributed by atoms with Gasteiger partial charge in [0.15, 0.2) is 5.82 Å². The third kappa shape index (κ3) is 4.36. The zero-order valence-electron chi connectivity index (χ0n) is 13.7. The van der Waals surface area contributed by atoms with Gasteiger partial charge in [0.05, 0.1) is 6.54 Å². The van der Waals surface area contributed by atoms with Gasteiger partial charge in [-0.1, -0.05) is 24.2 Å². The summed E-state index contributed by atoms with van der Waals surface area (Å²) in [5.41, 5.74) is 1.19. The monoisotopic (exact) mass is 318 g/mol. The van der Waals surface area contributed by atoms with Crippen LogP contribution >= 0.6 is 0 Å². The number of hydrogen-bond acceptors (Lipinski definition) is 5. The van der Waals surface area contributed by atoms with E-state index in [4.69, 9.17) is 4.52 Å². The predicted molar refractivity (Wildman–Crippen MR) is 85.6 cm³/mol. The molecule has 6 heteroatoms. The SMILES string of the molecule is Cc1noc(CN2CCN(CC(C)c3ccc(F)cc3)CC2)n1. The first-order valence-corrected chi connectivity index (χ1v) is 8.09. The fourth-order valence-electron chi connectivity index (χ4n) is 3.01. The zero-order chi connectivity index (χ0) is 16.2. The second-order valence-electron chi connectivity index (χ2n) is 6.26. The summed E-state index contributed by atoms with van der Waals surface area (Å²) in [4.78, 5) is 9.06. The lowest BCUT2D eigenvalue weighted by atomic mass is 10.0. The molecule has 1 aromatic heterocycles. The fourth-order valence-corrected chi connectivity index (χ4v) is 3.01. The van der Waals surface area contributed by atoms with Gasteiger partial charge in [-0.2, -0.15) is 4.98 Å². The molecule has 124 valence electrons. The van der Waals surface area contributed by atoms with Gasteiger partial charge in [0.25, 0.3) is 0 Å². The first-order chi connectivity index (χ1) is 11.1. The van der Waals surface area contributed by atoms with Gasteiger partial charge < -0.3 is 9.42 Å². The highest BCUT2D eigenvalue weighted by molar-refractivity contribution is 5.20. The van der Waals surface area contributed by atoms with E-state index < -0.39 is 0 Å². The van der Waals surface area contributed by atoms with E-state index in [1.807, 2.05) is 19.1 Å². The molecule has 2 aromatic rings. The predicted octanol–water partition coefficient (Wildman–Crippen LogP) is 2.44. The summed E-state index contributed by atoms with van der Waals surface area (Å²) in [7, 11) is 0. The maximum atomic E-state index is 13.0. The number of halogens is 1. The molecule has 5 nitrogen and oxygen atoms in total. The third-order valence-corrected chi connectivity index (χ3v) is 4.36. The largest absolute Gasteiger partial charge is 0.338 e. The molecule has 1 aromatic carbocycles. The van der Waals surface area contributed by atoms with Crippen LogP contribution < -0.4 is 0 Å². The second-order valence-corrected chi connectivity index (χ2v) is 6.26. The Morgan fingerprint density at radius 1 is 1.13 bits per heavy atom. The molecule has 0 aliphatic carbocycles. The number of aryl methyl sites for hydroxylation is 1. The molecule has 1 unspecified atom stereocenters. The highest BCUT2D eigenvalue weighted by Crippen LogP contribution is 2.18. The Labute approximate surface area is 136 Å². The Morgan fingerprint density at radius 3 is 2.39 bits per heavy atom. The van der Waals surface area contributed by atoms with Crippen molar-refractivity contribution in [1.82, 2.24) is 19.9 Å². The lowest BCUT2D eigenvalue weighted by Gasteiger charge is -2.35. The van der Waals surface area contributed by atoms with Crippen LogP contribution in [-0.2, 0) is 6.54 Å². The molecule has 0 bridgehead atoms. The van der Waals surface area contributed by atoms with Gasteiger partial charge in [-0.15, -0.1) is 0 Å². The van der Waals surface area contributed by atoms with Gasteiger partial charge in [0.2, 0.25) is 5.89 Å². The summed E-state index contributed by atoms with van der Waals surface area (Å²) in [6, 6.07) is 6.84. The van der Waals surface area contributed by atoms with Crippen LogP contribution in [-0.4, -0.2) is 52.7 Å². The smallest absolute Gasteiger partial charge is 0.240 e. The molecule has 3 rings (SSSR count). The molecule has 23 heavy (non-hydrogen) atoms. The molecule has 1 saturated heterocycles. The van der Waals surface area contributed by atoms with Crippen LogP contribution in [0.2, 0.25) is 0 Å². The molecule has 0 radical (unpaired) electrons. The number of benzene rings is 1. The minimum Gasteiger partial charge on any atom is -0.338 e. The zero-order valence-corrected chi connectivity index (χ0v) is 13.7. The van der Waals surface area contributed by atoms with Gasteiger partial charge in [0, 0.05) is 32.7 Å². The van der Waals surface area contributed by atoms with Crippen LogP contribution in [0.4, 0.5) is 4.39 Å². The van der Waals surface area contributed by atoms with Crippen LogP contribution in [0.1, 0.15) is 30.1 Å². The first kappa shape index (κ1) is 16.1. The minimum absolute atomic E-state index is 0.175. The Balaban J connectivity index is 1.46. The minimum atomic E-state index is -0.175. The summed E-state index contributed by atoms with van der Waals surface area (Å²) in [5.74, 6) is 1.61. The number of hydrogen-bond donors (Lipinski definition) is 0. The average molecular weight is 318 g/mol. The standard InChI is InChI=1S/C17H23FN4O/c1-13(15-3-5-16(18)6-4-15)11-21-7-9-22(10-8-21)12-17-19-14(2)20-23-17/h3-6,13H,7-12H2,1-2H3. The van der Waals surface area contributed by atoms with E-state index in [-0.39, 0.29) is 5.82 Å². The van der Waals surface area contributed by atoms with E-state index in [1.165, 1.54) is 17.7 Å². The van der Waals surface area contributed by atoms with Crippen LogP contribution in [0.25, 0.3) is 0 Å². The average Bonchev–Trinajstić information content (AvgIpc) is 2.95. The molecule has 0 N–H and O–H groups in total. The summed E-state index contributed by atoms with van der Waals surface area (Å²) >= 11 is 0. The Hall–Kier alpha value is -1.79. The molecule has 0 saturated carbocycles. The highest BCUT2D eigenvalue weighted by Gasteiger charge is 2.20. The van der Waals surface area contributed by atoms with E-state index in [1.54, 1.807) is 0 Å². The molecular weight excluding hydrogens is 295 g/mol. The number of rotatable bonds is 5. The maximum Gasteiger partial charge on any atom is 0.240 e. The molecule has 2 heterocycles. The second kappa shape index (κ2) is 7.19. The van der Waals surface area contributed by atoms with Crippen LogP contribution in [0, 0.1) is 12.7 Å². The normalized spacial score (nSPS) is 18.2. The lowest BCUT2D eigenvalue weighted by molar-refractivity contribution is 0.113. The summed E-state index contributed by atoms with van der Waals surface area (Å²) in [5, 5.41) is 3.83. The lowest BCUT2D eigenvalue weighted by Crippen LogP contribution is -2.46. The summed E-state index contributed by atoms with van der Waals surface area (Å²) in [6.45, 7) is 9.80. The van der Waals surface area contributed by atoms with Crippen LogP contribution in [0.5, 0.6) is 0 Å². The van der Waals surface area contributed by atoms with Crippen molar-refractivity contribution >= 4 is 0 Å². The van der Waals surface area contributed by atoms with Crippen LogP contribution in [0.3, 0.4) is 0 Å². The molecule has 0 amide bonds. The van der Waals surface area contributed by atoms with E-state index in [9.17, 15) is 4.39 Å². The topological polar surface area (TPSA) is 45.4 Å². The van der Waals surface area contributed by atoms with Crippen molar-refractivity contribution in [3.05, 3.63) is 47.4 Å². The third-order valence-electron chi connectivity index (χ3n) is 4.36. The van der Waals surface area contributed by atoms with Crippen LogP contribution in [0.15, 0.2) is 28.8 Å². The molecule has 1 aliphatic rings. The Bertz CT molecular complexity index is 620. The van der Waals surface area contributed by atoms with Crippen molar-refractivity contribution in [1.29, 1.82) is 0 Å². The van der Waals surface area contributed by atoms with Crippen molar-refractivity contribution in [2.75, 3.05) is 32.7 Å². The molecule has 1 fully saturated rings. The van der Waals surface area contributed by atoms with Crippen molar-refractivity contribution in [2.45, 2.75) is 26.3 Å². The van der Waals surface area contributed by atoms with Crippen molar-refractivity contribution < 1.29 is 8.91 Å². The number of piperazine rings is 1. The fraction of sp³-hybridized carbons (Fsp3) is 0.529. The Morgan fingerprint density at radius 2 is 1.78 bits per heavy atom. The molecule has 1 atom stereocenters. The van der Waals surface area contributed by atoms with E-state index >= 15 is 0 Å². The quantitative estimate of drug-likeness (QED) is 0.847. The number of nitrogens with zero attached hydrogens (tertiary/aromatic N) is 4. The summed E-state index contributed by atoms with van der Waals surface area (Å²) in [6.07, 6.45) is 0. The van der Waals surface area contributed by atoms with Crippen molar-refractivity contribution in [3.63, 3.8) is 0 Å². The van der Waals surface area contributed by atoms with Crippen molar-refractivity contribution in [3.8, 4) is 0 Å². The van der Waals surface area contributed by atoms with Crippen molar-refractivity contribution in [2.24, 2.45) is 0 Å². The van der Waals surface area contributed by atoms with E-state index in [0.29, 0.717) is 17.6 Å². The van der Waals surface area contributed by atoms with E-state index in [0.717, 1.165) is 39.3 Å². The van der Waals surface area contributed by atoms with Gasteiger partial charge in [-0.25, -0.2) is 4.39 Å². The van der Waals surface area contributed by atoms with E-state index in [2.05, 4.69) is 26.9 Å². The van der Waals surface area contributed by atoms with Gasteiger partial charge in [-0.05, 0) is 30.5 Å². The first-order valence-electron chi connectivity index (χ1n) is 8.09.